The third-order valence-electron chi connectivity index (χ3n) is 3.36. The van der Waals surface area contributed by atoms with E-state index < -0.39 is 0 Å². The van der Waals surface area contributed by atoms with Gasteiger partial charge in [-0.05, 0) is 37.6 Å². The second-order valence-corrected chi connectivity index (χ2v) is 4.86. The van der Waals surface area contributed by atoms with E-state index in [4.69, 9.17) is 4.74 Å². The van der Waals surface area contributed by atoms with Crippen LogP contribution in [0, 0.1) is 11.8 Å². The van der Waals surface area contributed by atoms with Gasteiger partial charge in [-0.15, -0.1) is 0 Å². The van der Waals surface area contributed by atoms with E-state index in [1.165, 1.54) is 5.56 Å². The molecule has 0 amide bonds. The zero-order valence-electron chi connectivity index (χ0n) is 11.8. The number of hydrogen-bond acceptors (Lipinski definition) is 3. The molecule has 1 rings (SSSR count). The molecule has 0 aliphatic rings. The van der Waals surface area contributed by atoms with Gasteiger partial charge in [-0.25, -0.2) is 0 Å². The van der Waals surface area contributed by atoms with Gasteiger partial charge >= 0.3 is 0 Å². The van der Waals surface area contributed by atoms with E-state index in [0.717, 1.165) is 5.75 Å². The maximum Gasteiger partial charge on any atom is 0.119 e. The molecular weight excluding hydrogens is 226 g/mol. The Labute approximate surface area is 110 Å². The van der Waals surface area contributed by atoms with Crippen LogP contribution in [0.15, 0.2) is 24.3 Å². The molecular formula is C15H25NO2. The molecule has 0 spiro atoms. The second-order valence-electron chi connectivity index (χ2n) is 4.86. The van der Waals surface area contributed by atoms with Gasteiger partial charge in [0, 0.05) is 18.6 Å². The molecule has 0 aromatic heterocycles. The first-order valence-electron chi connectivity index (χ1n) is 6.64. The van der Waals surface area contributed by atoms with E-state index in [1.54, 1.807) is 0 Å². The molecule has 0 fully saturated rings. The Bertz CT molecular complexity index is 335. The van der Waals surface area contributed by atoms with Crippen molar-refractivity contribution >= 4 is 0 Å². The van der Waals surface area contributed by atoms with Crippen molar-refractivity contribution in [2.75, 3.05) is 20.3 Å². The van der Waals surface area contributed by atoms with Gasteiger partial charge in [0.2, 0.25) is 0 Å². The number of aliphatic hydroxyl groups excluding tert-OH is 1. The summed E-state index contributed by atoms with van der Waals surface area (Å²) in [7, 11) is 1.94. The van der Waals surface area contributed by atoms with E-state index >= 15 is 0 Å². The van der Waals surface area contributed by atoms with Crippen LogP contribution in [-0.2, 0) is 0 Å². The van der Waals surface area contributed by atoms with Crippen LogP contribution < -0.4 is 10.1 Å². The minimum absolute atomic E-state index is 0.172. The summed E-state index contributed by atoms with van der Waals surface area (Å²) in [5, 5.41) is 12.8. The maximum atomic E-state index is 9.53. The molecule has 0 bridgehead atoms. The van der Waals surface area contributed by atoms with Crippen LogP contribution in [-0.4, -0.2) is 25.4 Å². The van der Waals surface area contributed by atoms with Gasteiger partial charge in [-0.3, -0.25) is 0 Å². The molecule has 1 aromatic carbocycles. The lowest BCUT2D eigenvalue weighted by atomic mass is 9.85. The standard InChI is InChI=1S/C15H25NO2/c1-5-18-13-8-6-12(7-9-13)15(16-4)14(10-17)11(2)3/h6-9,11,14-17H,5,10H2,1-4H3. The summed E-state index contributed by atoms with van der Waals surface area (Å²) in [4.78, 5) is 0. The van der Waals surface area contributed by atoms with Crippen molar-refractivity contribution in [2.45, 2.75) is 26.8 Å². The molecule has 0 aliphatic carbocycles. The fourth-order valence-corrected chi connectivity index (χ4v) is 2.27. The topological polar surface area (TPSA) is 41.5 Å². The highest BCUT2D eigenvalue weighted by atomic mass is 16.5. The van der Waals surface area contributed by atoms with Gasteiger partial charge in [0.05, 0.1) is 6.61 Å². The summed E-state index contributed by atoms with van der Waals surface area (Å²) < 4.78 is 5.44. The van der Waals surface area contributed by atoms with Crippen molar-refractivity contribution in [1.29, 1.82) is 0 Å². The minimum atomic E-state index is 0.172. The summed E-state index contributed by atoms with van der Waals surface area (Å²) in [6, 6.07) is 8.27. The van der Waals surface area contributed by atoms with Gasteiger partial charge in [0.15, 0.2) is 0 Å². The van der Waals surface area contributed by atoms with Gasteiger partial charge in [0.25, 0.3) is 0 Å². The van der Waals surface area contributed by atoms with Gasteiger partial charge in [-0.1, -0.05) is 26.0 Å². The number of aliphatic hydroxyl groups is 1. The average molecular weight is 251 g/mol. The minimum Gasteiger partial charge on any atom is -0.494 e. The van der Waals surface area contributed by atoms with Crippen LogP contribution in [0.4, 0.5) is 0 Å². The molecule has 102 valence electrons. The zero-order valence-corrected chi connectivity index (χ0v) is 11.8. The van der Waals surface area contributed by atoms with Crippen molar-refractivity contribution in [2.24, 2.45) is 11.8 Å². The van der Waals surface area contributed by atoms with Crippen molar-refractivity contribution in [3.8, 4) is 5.75 Å². The number of rotatable bonds is 7. The van der Waals surface area contributed by atoms with Gasteiger partial charge in [0.1, 0.15) is 5.75 Å². The normalized spacial score (nSPS) is 14.6. The molecule has 2 N–H and O–H groups in total. The summed E-state index contributed by atoms with van der Waals surface area (Å²) in [6.45, 7) is 7.13. The molecule has 18 heavy (non-hydrogen) atoms. The first kappa shape index (κ1) is 15.0. The van der Waals surface area contributed by atoms with Crippen molar-refractivity contribution in [3.05, 3.63) is 29.8 Å². The molecule has 3 nitrogen and oxygen atoms in total. The predicted octanol–water partition coefficient (Wildman–Crippen LogP) is 2.61. The molecule has 2 unspecified atom stereocenters. The van der Waals surface area contributed by atoms with Crippen LogP contribution >= 0.6 is 0 Å². The van der Waals surface area contributed by atoms with E-state index in [2.05, 4.69) is 31.3 Å². The van der Waals surface area contributed by atoms with E-state index in [9.17, 15) is 5.11 Å². The van der Waals surface area contributed by atoms with Crippen molar-refractivity contribution in [1.82, 2.24) is 5.32 Å². The number of ether oxygens (including phenoxy) is 1. The number of nitrogens with one attached hydrogen (secondary N) is 1. The molecule has 0 radical (unpaired) electrons. The monoisotopic (exact) mass is 251 g/mol. The summed E-state index contributed by atoms with van der Waals surface area (Å²) in [6.07, 6.45) is 0. The SMILES string of the molecule is CCOc1ccc(C(NC)C(CO)C(C)C)cc1. The Kier molecular flexibility index (Phi) is 6.16. The third-order valence-corrected chi connectivity index (χ3v) is 3.36. The highest BCUT2D eigenvalue weighted by molar-refractivity contribution is 5.29. The zero-order chi connectivity index (χ0) is 13.5. The highest BCUT2D eigenvalue weighted by Gasteiger charge is 2.23. The largest absolute Gasteiger partial charge is 0.494 e. The molecule has 0 heterocycles. The van der Waals surface area contributed by atoms with Crippen molar-refractivity contribution < 1.29 is 9.84 Å². The third kappa shape index (κ3) is 3.72. The lowest BCUT2D eigenvalue weighted by molar-refractivity contribution is 0.154. The van der Waals surface area contributed by atoms with Crippen LogP contribution in [0.5, 0.6) is 5.75 Å². The summed E-state index contributed by atoms with van der Waals surface area (Å²) in [5.74, 6) is 1.54. The van der Waals surface area contributed by atoms with Gasteiger partial charge < -0.3 is 15.2 Å². The summed E-state index contributed by atoms with van der Waals surface area (Å²) >= 11 is 0. The average Bonchev–Trinajstić information content (AvgIpc) is 2.37. The predicted molar refractivity (Wildman–Crippen MR) is 74.8 cm³/mol. The molecule has 2 atom stereocenters. The van der Waals surface area contributed by atoms with Crippen molar-refractivity contribution in [3.63, 3.8) is 0 Å². The Hall–Kier alpha value is -1.06. The molecule has 1 aromatic rings. The first-order chi connectivity index (χ1) is 8.63. The fraction of sp³-hybridized carbons (Fsp3) is 0.600. The Morgan fingerprint density at radius 3 is 2.22 bits per heavy atom. The smallest absolute Gasteiger partial charge is 0.119 e. The Balaban J connectivity index is 2.87. The molecule has 0 saturated heterocycles. The Morgan fingerprint density at radius 1 is 1.22 bits per heavy atom. The number of benzene rings is 1. The fourth-order valence-electron chi connectivity index (χ4n) is 2.27. The molecule has 3 heteroatoms. The quantitative estimate of drug-likeness (QED) is 0.782. The van der Waals surface area contributed by atoms with E-state index in [0.29, 0.717) is 12.5 Å². The lowest BCUT2D eigenvalue weighted by Gasteiger charge is -2.29. The van der Waals surface area contributed by atoms with Crippen LogP contribution in [0.3, 0.4) is 0 Å². The molecule has 0 saturated carbocycles. The Morgan fingerprint density at radius 2 is 1.83 bits per heavy atom. The highest BCUT2D eigenvalue weighted by Crippen LogP contribution is 2.28. The van der Waals surface area contributed by atoms with Crippen LogP contribution in [0.2, 0.25) is 0 Å². The first-order valence-corrected chi connectivity index (χ1v) is 6.64. The van der Waals surface area contributed by atoms with Crippen LogP contribution in [0.25, 0.3) is 0 Å². The molecule has 0 aliphatic heterocycles. The lowest BCUT2D eigenvalue weighted by Crippen LogP contribution is -2.31. The van der Waals surface area contributed by atoms with Gasteiger partial charge in [-0.2, -0.15) is 0 Å². The summed E-state index contributed by atoms with van der Waals surface area (Å²) in [5.41, 5.74) is 1.19. The maximum absolute atomic E-state index is 9.53. The van der Waals surface area contributed by atoms with E-state index in [1.807, 2.05) is 26.1 Å². The second kappa shape index (κ2) is 7.39. The van der Waals surface area contributed by atoms with Crippen LogP contribution in [0.1, 0.15) is 32.4 Å². The number of hydrogen-bond donors (Lipinski definition) is 2. The van der Waals surface area contributed by atoms with E-state index in [-0.39, 0.29) is 18.6 Å².